The number of nitrogens with one attached hydrogen (secondary N) is 1. The maximum atomic E-state index is 12.8. The number of benzene rings is 2. The average Bonchev–Trinajstić information content (AvgIpc) is 3.36. The number of nitro groups is 1. The first-order valence-corrected chi connectivity index (χ1v) is 11.0. The first-order chi connectivity index (χ1) is 16.2. The third-order valence-electron chi connectivity index (χ3n) is 5.19. The van der Waals surface area contributed by atoms with E-state index in [0.717, 1.165) is 16.0 Å². The molecule has 0 aliphatic carbocycles. The summed E-state index contributed by atoms with van der Waals surface area (Å²) < 4.78 is 5.67. The summed E-state index contributed by atoms with van der Waals surface area (Å²) in [5.41, 5.74) is 2.57. The number of rotatable bonds is 6. The molecule has 0 saturated carbocycles. The van der Waals surface area contributed by atoms with Crippen molar-refractivity contribution in [3.63, 3.8) is 0 Å². The van der Waals surface area contributed by atoms with Gasteiger partial charge in [-0.1, -0.05) is 30.3 Å². The highest BCUT2D eigenvalue weighted by Crippen LogP contribution is 2.35. The van der Waals surface area contributed by atoms with Crippen LogP contribution in [0.15, 0.2) is 63.9 Å². The van der Waals surface area contributed by atoms with Crippen molar-refractivity contribution in [1.29, 1.82) is 0 Å². The number of carbonyl (C=O) groups excluding carboxylic acids is 3. The Hall–Kier alpha value is -4.18. The van der Waals surface area contributed by atoms with Gasteiger partial charge in [0.2, 0.25) is 5.91 Å². The van der Waals surface area contributed by atoms with Crippen LogP contribution in [0.5, 0.6) is 0 Å². The lowest BCUT2D eigenvalue weighted by atomic mass is 10.1. The molecular weight excluding hydrogens is 458 g/mol. The van der Waals surface area contributed by atoms with Crippen LogP contribution >= 0.6 is 11.8 Å². The van der Waals surface area contributed by atoms with Crippen LogP contribution < -0.4 is 5.32 Å². The number of nitro benzene ring substituents is 1. The Bertz CT molecular complexity index is 1340. The monoisotopic (exact) mass is 477 g/mol. The lowest BCUT2D eigenvalue weighted by molar-refractivity contribution is -0.384. The lowest BCUT2D eigenvalue weighted by Crippen LogP contribution is -2.36. The second-order valence-corrected chi connectivity index (χ2v) is 8.55. The number of para-hydroxylation sites is 2. The van der Waals surface area contributed by atoms with Crippen LogP contribution in [0.25, 0.3) is 17.4 Å². The minimum atomic E-state index is -0.615. The van der Waals surface area contributed by atoms with E-state index in [9.17, 15) is 24.5 Å². The third-order valence-corrected chi connectivity index (χ3v) is 6.09. The average molecular weight is 477 g/mol. The van der Waals surface area contributed by atoms with Crippen LogP contribution in [0.1, 0.15) is 16.9 Å². The smallest absolute Gasteiger partial charge is 0.294 e. The SMILES string of the molecule is Cc1cccc(C)c1NC(=O)CN1C(=O)S/C(=C/c2ccc(-c3ccccc3[N+](=O)[O-])o2)C1=O. The van der Waals surface area contributed by atoms with Crippen molar-refractivity contribution < 1.29 is 23.7 Å². The number of hydrogen-bond donors (Lipinski definition) is 1. The molecule has 1 saturated heterocycles. The molecule has 10 heteroatoms. The Morgan fingerprint density at radius 3 is 2.50 bits per heavy atom. The largest absolute Gasteiger partial charge is 0.456 e. The van der Waals surface area contributed by atoms with Crippen molar-refractivity contribution in [3.05, 3.63) is 86.5 Å². The fraction of sp³-hybridized carbons (Fsp3) is 0.125. The molecule has 3 aromatic rings. The van der Waals surface area contributed by atoms with Crippen LogP contribution in [0.4, 0.5) is 16.2 Å². The van der Waals surface area contributed by atoms with Gasteiger partial charge in [0.25, 0.3) is 16.8 Å². The minimum absolute atomic E-state index is 0.0910. The van der Waals surface area contributed by atoms with E-state index in [0.29, 0.717) is 23.0 Å². The summed E-state index contributed by atoms with van der Waals surface area (Å²) in [6.07, 6.45) is 1.38. The number of anilines is 1. The first kappa shape index (κ1) is 23.0. The maximum absolute atomic E-state index is 12.8. The van der Waals surface area contributed by atoms with Crippen LogP contribution in [-0.2, 0) is 9.59 Å². The van der Waals surface area contributed by atoms with E-state index in [1.807, 2.05) is 32.0 Å². The van der Waals surface area contributed by atoms with Gasteiger partial charge in [-0.05, 0) is 54.9 Å². The quantitative estimate of drug-likeness (QED) is 0.296. The van der Waals surface area contributed by atoms with Gasteiger partial charge in [0.05, 0.1) is 15.4 Å². The Kier molecular flexibility index (Phi) is 6.33. The summed E-state index contributed by atoms with van der Waals surface area (Å²) in [7, 11) is 0. The Labute approximate surface area is 198 Å². The van der Waals surface area contributed by atoms with E-state index in [1.54, 1.807) is 30.3 Å². The zero-order chi connectivity index (χ0) is 24.4. The fourth-order valence-electron chi connectivity index (χ4n) is 3.52. The van der Waals surface area contributed by atoms with E-state index in [4.69, 9.17) is 4.42 Å². The summed E-state index contributed by atoms with van der Waals surface area (Å²) in [6.45, 7) is 3.29. The molecule has 1 N–H and O–H groups in total. The van der Waals surface area contributed by atoms with Crippen LogP contribution in [-0.4, -0.2) is 33.4 Å². The maximum Gasteiger partial charge on any atom is 0.294 e. The minimum Gasteiger partial charge on any atom is -0.456 e. The predicted octanol–water partition coefficient (Wildman–Crippen LogP) is 5.15. The highest BCUT2D eigenvalue weighted by molar-refractivity contribution is 8.18. The van der Waals surface area contributed by atoms with Gasteiger partial charge in [-0.3, -0.25) is 29.4 Å². The van der Waals surface area contributed by atoms with E-state index in [2.05, 4.69) is 5.32 Å². The van der Waals surface area contributed by atoms with Gasteiger partial charge in [-0.15, -0.1) is 0 Å². The van der Waals surface area contributed by atoms with Crippen molar-refractivity contribution in [2.45, 2.75) is 13.8 Å². The molecule has 1 aromatic heterocycles. The molecule has 1 aliphatic rings. The van der Waals surface area contributed by atoms with Gasteiger partial charge < -0.3 is 9.73 Å². The fourth-order valence-corrected chi connectivity index (χ4v) is 4.33. The topological polar surface area (TPSA) is 123 Å². The number of carbonyl (C=O) groups is 3. The second-order valence-electron chi connectivity index (χ2n) is 7.56. The van der Waals surface area contributed by atoms with Gasteiger partial charge in [0, 0.05) is 17.8 Å². The molecule has 1 fully saturated rings. The zero-order valence-electron chi connectivity index (χ0n) is 18.2. The van der Waals surface area contributed by atoms with Gasteiger partial charge in [-0.25, -0.2) is 0 Å². The van der Waals surface area contributed by atoms with Gasteiger partial charge >= 0.3 is 0 Å². The molecule has 172 valence electrons. The normalized spacial score (nSPS) is 14.6. The number of amides is 3. The molecule has 0 radical (unpaired) electrons. The number of hydrogen-bond acceptors (Lipinski definition) is 7. The van der Waals surface area contributed by atoms with Gasteiger partial charge in [0.1, 0.15) is 18.1 Å². The lowest BCUT2D eigenvalue weighted by Gasteiger charge is -2.15. The van der Waals surface area contributed by atoms with Crippen molar-refractivity contribution in [1.82, 2.24) is 4.90 Å². The second kappa shape index (κ2) is 9.36. The van der Waals surface area contributed by atoms with Crippen molar-refractivity contribution in [2.24, 2.45) is 0 Å². The summed E-state index contributed by atoms with van der Waals surface area (Å²) in [4.78, 5) is 49.4. The third kappa shape index (κ3) is 4.62. The molecule has 0 bridgehead atoms. The molecule has 4 rings (SSSR count). The number of nitrogens with zero attached hydrogens (tertiary/aromatic N) is 2. The summed E-state index contributed by atoms with van der Waals surface area (Å²) in [5.74, 6) is -0.600. The number of furan rings is 1. The van der Waals surface area contributed by atoms with E-state index in [1.165, 1.54) is 12.1 Å². The summed E-state index contributed by atoms with van der Waals surface area (Å²) in [6, 6.07) is 14.8. The van der Waals surface area contributed by atoms with Crippen molar-refractivity contribution >= 4 is 46.3 Å². The van der Waals surface area contributed by atoms with Gasteiger partial charge in [-0.2, -0.15) is 0 Å². The Morgan fingerprint density at radius 1 is 1.09 bits per heavy atom. The van der Waals surface area contributed by atoms with E-state index < -0.39 is 28.5 Å². The van der Waals surface area contributed by atoms with Crippen LogP contribution in [0.3, 0.4) is 0 Å². The van der Waals surface area contributed by atoms with Crippen LogP contribution in [0.2, 0.25) is 0 Å². The first-order valence-electron chi connectivity index (χ1n) is 10.2. The van der Waals surface area contributed by atoms with Crippen molar-refractivity contribution in [2.75, 3.05) is 11.9 Å². The molecule has 2 heterocycles. The Balaban J connectivity index is 1.50. The molecular formula is C24H19N3O6S. The highest BCUT2D eigenvalue weighted by atomic mass is 32.2. The standard InChI is InChI=1S/C24H19N3O6S/c1-14-6-5-7-15(2)22(14)25-21(28)13-26-23(29)20(34-24(26)30)12-16-10-11-19(33-16)17-8-3-4-9-18(17)27(31)32/h3-12H,13H2,1-2H3,(H,25,28)/b20-12+. The molecule has 9 nitrogen and oxygen atoms in total. The molecule has 0 spiro atoms. The molecule has 3 amide bonds. The molecule has 0 unspecified atom stereocenters. The van der Waals surface area contributed by atoms with Crippen molar-refractivity contribution in [3.8, 4) is 11.3 Å². The summed E-state index contributed by atoms with van der Waals surface area (Å²) >= 11 is 0.695. The Morgan fingerprint density at radius 2 is 1.79 bits per heavy atom. The van der Waals surface area contributed by atoms with Crippen LogP contribution in [0, 0.1) is 24.0 Å². The molecule has 1 aliphatic heterocycles. The van der Waals surface area contributed by atoms with E-state index in [-0.39, 0.29) is 22.1 Å². The number of aryl methyl sites for hydroxylation is 2. The summed E-state index contributed by atoms with van der Waals surface area (Å²) in [5, 5.41) is 13.5. The molecule has 2 aromatic carbocycles. The zero-order valence-corrected chi connectivity index (χ0v) is 19.0. The van der Waals surface area contributed by atoms with E-state index >= 15 is 0 Å². The highest BCUT2D eigenvalue weighted by Gasteiger charge is 2.36. The number of imide groups is 1. The molecule has 0 atom stereocenters. The predicted molar refractivity (Wildman–Crippen MR) is 128 cm³/mol. The number of thioether (sulfide) groups is 1. The van der Waals surface area contributed by atoms with Gasteiger partial charge in [0.15, 0.2) is 0 Å². The molecule has 34 heavy (non-hydrogen) atoms.